The van der Waals surface area contributed by atoms with Crippen molar-refractivity contribution in [3.8, 4) is 44.5 Å². The molecular weight excluding hydrogens is 639 g/mol. The number of anilines is 3. The standard InChI is InChI=1S/C52H39N/c1-36-10-7-15-43(32-36)45-34-37(2)33-44(35-45)38-20-26-46(27-21-38)53(47-28-22-41(23-29-47)51-18-8-13-39-11-3-5-16-49(39)51)48-30-24-42(25-31-48)52-19-9-14-40-12-4-6-17-50(40)52/h3-35H,1-2H3. The molecule has 0 atom stereocenters. The van der Waals surface area contributed by atoms with Crippen LogP contribution in [0.15, 0.2) is 200 Å². The number of fused-ring (bicyclic) bond motifs is 2. The van der Waals surface area contributed by atoms with Crippen LogP contribution in [0.5, 0.6) is 0 Å². The third kappa shape index (κ3) is 6.39. The Balaban J connectivity index is 1.11. The maximum Gasteiger partial charge on any atom is 0.0462 e. The quantitative estimate of drug-likeness (QED) is 0.162. The van der Waals surface area contributed by atoms with Gasteiger partial charge in [0.25, 0.3) is 0 Å². The second-order valence-corrected chi connectivity index (χ2v) is 14.0. The van der Waals surface area contributed by atoms with Crippen molar-refractivity contribution in [3.05, 3.63) is 211 Å². The Morgan fingerprint density at radius 1 is 0.283 bits per heavy atom. The van der Waals surface area contributed by atoms with E-state index in [-0.39, 0.29) is 0 Å². The molecule has 1 heteroatoms. The molecule has 0 fully saturated rings. The average molecular weight is 678 g/mol. The topological polar surface area (TPSA) is 3.24 Å². The van der Waals surface area contributed by atoms with Crippen LogP contribution in [0.25, 0.3) is 66.1 Å². The molecular formula is C52H39N. The van der Waals surface area contributed by atoms with Gasteiger partial charge in [0.15, 0.2) is 0 Å². The lowest BCUT2D eigenvalue weighted by atomic mass is 9.95. The summed E-state index contributed by atoms with van der Waals surface area (Å²) in [6.45, 7) is 4.34. The Morgan fingerprint density at radius 2 is 0.698 bits per heavy atom. The van der Waals surface area contributed by atoms with Crippen LogP contribution in [0.3, 0.4) is 0 Å². The lowest BCUT2D eigenvalue weighted by molar-refractivity contribution is 1.28. The van der Waals surface area contributed by atoms with Gasteiger partial charge in [-0.15, -0.1) is 0 Å². The fourth-order valence-electron chi connectivity index (χ4n) is 7.73. The Labute approximate surface area is 312 Å². The van der Waals surface area contributed by atoms with E-state index in [9.17, 15) is 0 Å². The number of benzene rings is 9. The van der Waals surface area contributed by atoms with E-state index in [1.54, 1.807) is 0 Å². The van der Waals surface area contributed by atoms with E-state index in [4.69, 9.17) is 0 Å². The van der Waals surface area contributed by atoms with E-state index in [1.807, 2.05) is 0 Å². The van der Waals surface area contributed by atoms with E-state index in [0.29, 0.717) is 0 Å². The first-order chi connectivity index (χ1) is 26.1. The SMILES string of the molecule is Cc1cccc(-c2cc(C)cc(-c3ccc(N(c4ccc(-c5cccc6ccccc56)cc4)c4ccc(-c5cccc6ccccc56)cc4)cc3)c2)c1. The van der Waals surface area contributed by atoms with Gasteiger partial charge >= 0.3 is 0 Å². The Morgan fingerprint density at radius 3 is 1.21 bits per heavy atom. The monoisotopic (exact) mass is 677 g/mol. The Bertz CT molecular complexity index is 2590. The van der Waals surface area contributed by atoms with Crippen molar-refractivity contribution in [1.82, 2.24) is 0 Å². The molecule has 9 aromatic rings. The molecule has 0 aliphatic carbocycles. The third-order valence-corrected chi connectivity index (χ3v) is 10.3. The van der Waals surface area contributed by atoms with Crippen molar-refractivity contribution < 1.29 is 0 Å². The minimum absolute atomic E-state index is 1.11. The van der Waals surface area contributed by atoms with Gasteiger partial charge in [-0.3, -0.25) is 0 Å². The molecule has 0 unspecified atom stereocenters. The zero-order valence-corrected chi connectivity index (χ0v) is 30.0. The summed E-state index contributed by atoms with van der Waals surface area (Å²) in [5.74, 6) is 0. The first-order valence-corrected chi connectivity index (χ1v) is 18.3. The van der Waals surface area contributed by atoms with Gasteiger partial charge in [0, 0.05) is 17.1 Å². The lowest BCUT2D eigenvalue weighted by Crippen LogP contribution is -2.09. The normalized spacial score (nSPS) is 11.2. The average Bonchev–Trinajstić information content (AvgIpc) is 3.21. The van der Waals surface area contributed by atoms with Crippen LogP contribution in [-0.2, 0) is 0 Å². The van der Waals surface area contributed by atoms with Gasteiger partial charge < -0.3 is 4.90 Å². The van der Waals surface area contributed by atoms with E-state index < -0.39 is 0 Å². The number of rotatable bonds is 7. The van der Waals surface area contributed by atoms with E-state index in [2.05, 4.69) is 219 Å². The number of aryl methyl sites for hydroxylation is 2. The van der Waals surface area contributed by atoms with Gasteiger partial charge in [0.2, 0.25) is 0 Å². The van der Waals surface area contributed by atoms with Gasteiger partial charge in [-0.25, -0.2) is 0 Å². The summed E-state index contributed by atoms with van der Waals surface area (Å²) < 4.78 is 0. The highest BCUT2D eigenvalue weighted by Crippen LogP contribution is 2.39. The highest BCUT2D eigenvalue weighted by molar-refractivity contribution is 5.98. The van der Waals surface area contributed by atoms with Gasteiger partial charge in [0.05, 0.1) is 0 Å². The molecule has 0 heterocycles. The Kier molecular flexibility index (Phi) is 8.38. The molecule has 0 saturated carbocycles. The molecule has 252 valence electrons. The third-order valence-electron chi connectivity index (χ3n) is 10.3. The molecule has 0 aromatic heterocycles. The molecule has 0 aliphatic heterocycles. The molecule has 0 N–H and O–H groups in total. The molecule has 0 radical (unpaired) electrons. The van der Waals surface area contributed by atoms with Crippen LogP contribution < -0.4 is 4.90 Å². The van der Waals surface area contributed by atoms with Crippen LogP contribution in [0.4, 0.5) is 17.1 Å². The van der Waals surface area contributed by atoms with Crippen molar-refractivity contribution in [2.45, 2.75) is 13.8 Å². The highest BCUT2D eigenvalue weighted by atomic mass is 15.1. The van der Waals surface area contributed by atoms with E-state index >= 15 is 0 Å². The zero-order chi connectivity index (χ0) is 35.7. The van der Waals surface area contributed by atoms with Crippen molar-refractivity contribution in [2.24, 2.45) is 0 Å². The van der Waals surface area contributed by atoms with E-state index in [0.717, 1.165) is 17.1 Å². The van der Waals surface area contributed by atoms with Crippen molar-refractivity contribution in [3.63, 3.8) is 0 Å². The summed E-state index contributed by atoms with van der Waals surface area (Å²) in [7, 11) is 0. The zero-order valence-electron chi connectivity index (χ0n) is 30.0. The first-order valence-electron chi connectivity index (χ1n) is 18.3. The van der Waals surface area contributed by atoms with Crippen LogP contribution in [0.1, 0.15) is 11.1 Å². The molecule has 0 bridgehead atoms. The molecule has 0 spiro atoms. The van der Waals surface area contributed by atoms with Gasteiger partial charge in [0.1, 0.15) is 0 Å². The summed E-state index contributed by atoms with van der Waals surface area (Å²) in [5.41, 5.74) is 15.6. The molecule has 53 heavy (non-hydrogen) atoms. The van der Waals surface area contributed by atoms with E-state index in [1.165, 1.54) is 77.2 Å². The molecule has 0 amide bonds. The molecule has 0 aliphatic rings. The minimum atomic E-state index is 1.11. The van der Waals surface area contributed by atoms with Crippen LogP contribution in [0, 0.1) is 13.8 Å². The first kappa shape index (κ1) is 32.2. The van der Waals surface area contributed by atoms with Crippen LogP contribution >= 0.6 is 0 Å². The summed E-state index contributed by atoms with van der Waals surface area (Å²) in [5, 5.41) is 5.03. The van der Waals surface area contributed by atoms with Crippen molar-refractivity contribution in [1.29, 1.82) is 0 Å². The van der Waals surface area contributed by atoms with Gasteiger partial charge in [-0.1, -0.05) is 163 Å². The van der Waals surface area contributed by atoms with Crippen LogP contribution in [0.2, 0.25) is 0 Å². The fraction of sp³-hybridized carbons (Fsp3) is 0.0385. The van der Waals surface area contributed by atoms with Gasteiger partial charge in [-0.05, 0) is 128 Å². The summed E-state index contributed by atoms with van der Waals surface area (Å²) in [6.07, 6.45) is 0. The maximum absolute atomic E-state index is 2.36. The predicted molar refractivity (Wildman–Crippen MR) is 227 cm³/mol. The number of hydrogen-bond donors (Lipinski definition) is 0. The fourth-order valence-corrected chi connectivity index (χ4v) is 7.73. The smallest absolute Gasteiger partial charge is 0.0462 e. The van der Waals surface area contributed by atoms with Crippen molar-refractivity contribution in [2.75, 3.05) is 4.90 Å². The number of nitrogens with zero attached hydrogens (tertiary/aromatic N) is 1. The molecule has 0 saturated heterocycles. The second kappa shape index (κ2) is 13.8. The largest absolute Gasteiger partial charge is 0.311 e. The van der Waals surface area contributed by atoms with Crippen molar-refractivity contribution >= 4 is 38.6 Å². The molecule has 1 nitrogen and oxygen atoms in total. The highest BCUT2D eigenvalue weighted by Gasteiger charge is 2.15. The lowest BCUT2D eigenvalue weighted by Gasteiger charge is -2.26. The summed E-state index contributed by atoms with van der Waals surface area (Å²) >= 11 is 0. The predicted octanol–water partition coefficient (Wildman–Crippen LogP) is 14.7. The summed E-state index contributed by atoms with van der Waals surface area (Å²) in [4.78, 5) is 2.36. The summed E-state index contributed by atoms with van der Waals surface area (Å²) in [6, 6.07) is 73.0. The Hall–Kier alpha value is -6.70. The van der Waals surface area contributed by atoms with Gasteiger partial charge in [-0.2, -0.15) is 0 Å². The molecule has 9 aromatic carbocycles. The number of hydrogen-bond acceptors (Lipinski definition) is 1. The molecule has 9 rings (SSSR count). The minimum Gasteiger partial charge on any atom is -0.311 e. The maximum atomic E-state index is 2.36. The van der Waals surface area contributed by atoms with Crippen LogP contribution in [-0.4, -0.2) is 0 Å². The second-order valence-electron chi connectivity index (χ2n) is 14.0.